The maximum absolute atomic E-state index is 8.35. The largest absolute Gasteiger partial charge is 0.219 e. The van der Waals surface area contributed by atoms with Crippen LogP contribution in [0, 0.1) is 11.3 Å². The fourth-order valence-electron chi connectivity index (χ4n) is 3.97. The molecule has 2 aliphatic rings. The van der Waals surface area contributed by atoms with Crippen LogP contribution in [-0.2, 0) is 15.0 Å². The third-order valence-electron chi connectivity index (χ3n) is 5.22. The molecule has 0 heterocycles. The Kier molecular flexibility index (Phi) is 7.17. The van der Waals surface area contributed by atoms with Crippen LogP contribution in [-0.4, -0.2) is 11.4 Å². The van der Waals surface area contributed by atoms with E-state index in [1.807, 2.05) is 0 Å². The standard InChI is InChI=1S/C17H30O4/c1-2-3-4-5-6-7-8-9-16(19-21-20-18)17-12-10-15(14-17)11-13-17/h10,12,15-16,18H,2-9,11,13-14H2,1H3. The summed E-state index contributed by atoms with van der Waals surface area (Å²) in [6.07, 6.45) is 18.1. The molecule has 0 spiro atoms. The lowest BCUT2D eigenvalue weighted by Crippen LogP contribution is -2.32. The Morgan fingerprint density at radius 2 is 1.95 bits per heavy atom. The topological polar surface area (TPSA) is 47.9 Å². The van der Waals surface area contributed by atoms with Gasteiger partial charge in [0.25, 0.3) is 0 Å². The van der Waals surface area contributed by atoms with Crippen LogP contribution in [0.15, 0.2) is 12.2 Å². The van der Waals surface area contributed by atoms with Crippen LogP contribution in [0.3, 0.4) is 0 Å². The van der Waals surface area contributed by atoms with Crippen LogP contribution >= 0.6 is 0 Å². The van der Waals surface area contributed by atoms with Crippen LogP contribution in [0.4, 0.5) is 0 Å². The maximum atomic E-state index is 8.35. The van der Waals surface area contributed by atoms with Gasteiger partial charge in [0.2, 0.25) is 0 Å². The molecule has 3 unspecified atom stereocenters. The molecule has 0 aromatic heterocycles. The summed E-state index contributed by atoms with van der Waals surface area (Å²) in [5.74, 6) is 0.709. The van der Waals surface area contributed by atoms with Crippen LogP contribution in [0.25, 0.3) is 0 Å². The normalized spacial score (nSPS) is 28.4. The van der Waals surface area contributed by atoms with E-state index in [9.17, 15) is 0 Å². The Morgan fingerprint density at radius 1 is 1.19 bits per heavy atom. The zero-order chi connectivity index (χ0) is 15.0. The quantitative estimate of drug-likeness (QED) is 0.233. The third kappa shape index (κ3) is 4.78. The Hall–Kier alpha value is -0.420. The molecular formula is C17H30O4. The molecule has 4 heteroatoms. The van der Waals surface area contributed by atoms with Gasteiger partial charge in [-0.05, 0) is 41.7 Å². The van der Waals surface area contributed by atoms with Crippen molar-refractivity contribution in [1.82, 2.24) is 0 Å². The first-order chi connectivity index (χ1) is 10.3. The van der Waals surface area contributed by atoms with Gasteiger partial charge in [-0.15, -0.1) is 0 Å². The fourth-order valence-corrected chi connectivity index (χ4v) is 3.97. The van der Waals surface area contributed by atoms with E-state index in [2.05, 4.69) is 29.2 Å². The minimum Gasteiger partial charge on any atom is -0.219 e. The number of allylic oxidation sites excluding steroid dienone is 1. The van der Waals surface area contributed by atoms with Crippen LogP contribution in [0.5, 0.6) is 0 Å². The van der Waals surface area contributed by atoms with Crippen molar-refractivity contribution < 1.29 is 20.2 Å². The zero-order valence-electron chi connectivity index (χ0n) is 13.3. The van der Waals surface area contributed by atoms with Gasteiger partial charge in [-0.3, -0.25) is 0 Å². The molecule has 21 heavy (non-hydrogen) atoms. The lowest BCUT2D eigenvalue weighted by molar-refractivity contribution is -0.635. The molecule has 0 aromatic carbocycles. The van der Waals surface area contributed by atoms with Crippen molar-refractivity contribution in [3.05, 3.63) is 12.2 Å². The highest BCUT2D eigenvalue weighted by Gasteiger charge is 2.47. The fraction of sp³-hybridized carbons (Fsp3) is 0.882. The van der Waals surface area contributed by atoms with Crippen molar-refractivity contribution in [3.8, 4) is 0 Å². The first-order valence-corrected chi connectivity index (χ1v) is 8.63. The minimum absolute atomic E-state index is 0.0101. The summed E-state index contributed by atoms with van der Waals surface area (Å²) in [4.78, 5) is 5.32. The highest BCUT2D eigenvalue weighted by molar-refractivity contribution is 5.18. The predicted molar refractivity (Wildman–Crippen MR) is 81.2 cm³/mol. The van der Waals surface area contributed by atoms with E-state index in [1.54, 1.807) is 0 Å². The number of fused-ring (bicyclic) bond motifs is 2. The summed E-state index contributed by atoms with van der Waals surface area (Å²) in [5.41, 5.74) is 0.103. The summed E-state index contributed by atoms with van der Waals surface area (Å²) in [5, 5.41) is 16.4. The van der Waals surface area contributed by atoms with Crippen molar-refractivity contribution >= 4 is 0 Å². The van der Waals surface area contributed by atoms with Crippen LogP contribution in [0.2, 0.25) is 0 Å². The Bertz CT molecular complexity index is 318. The van der Waals surface area contributed by atoms with Gasteiger partial charge in [0.05, 0.1) is 0 Å². The van der Waals surface area contributed by atoms with Crippen LogP contribution in [0.1, 0.15) is 77.6 Å². The lowest BCUT2D eigenvalue weighted by Gasteiger charge is -2.31. The minimum atomic E-state index is -0.0101. The second-order valence-corrected chi connectivity index (χ2v) is 6.73. The molecule has 2 aliphatic carbocycles. The molecule has 0 aliphatic heterocycles. The SMILES string of the molecule is CCCCCCCCCC(OOOO)C12C=CC(CC1)C2. The first-order valence-electron chi connectivity index (χ1n) is 8.63. The van der Waals surface area contributed by atoms with Crippen LogP contribution < -0.4 is 0 Å². The van der Waals surface area contributed by atoms with E-state index >= 15 is 0 Å². The van der Waals surface area contributed by atoms with Crippen molar-refractivity contribution in [3.63, 3.8) is 0 Å². The molecule has 1 fully saturated rings. The smallest absolute Gasteiger partial charge is 0.105 e. The molecule has 1 N–H and O–H groups in total. The Labute approximate surface area is 128 Å². The van der Waals surface area contributed by atoms with Gasteiger partial charge in [-0.25, -0.2) is 5.26 Å². The molecule has 0 radical (unpaired) electrons. The van der Waals surface area contributed by atoms with E-state index in [-0.39, 0.29) is 11.5 Å². The molecule has 122 valence electrons. The van der Waals surface area contributed by atoms with E-state index in [4.69, 9.17) is 10.1 Å². The summed E-state index contributed by atoms with van der Waals surface area (Å²) in [7, 11) is 0. The van der Waals surface area contributed by atoms with Gasteiger partial charge < -0.3 is 0 Å². The van der Waals surface area contributed by atoms with Crippen molar-refractivity contribution in [2.24, 2.45) is 11.3 Å². The molecule has 3 atom stereocenters. The van der Waals surface area contributed by atoms with Gasteiger partial charge in [0.1, 0.15) is 6.10 Å². The lowest BCUT2D eigenvalue weighted by atomic mass is 9.79. The second kappa shape index (κ2) is 8.89. The summed E-state index contributed by atoms with van der Waals surface area (Å²) in [6.45, 7) is 2.24. The van der Waals surface area contributed by atoms with Gasteiger partial charge in [-0.1, -0.05) is 64.0 Å². The molecule has 2 rings (SSSR count). The summed E-state index contributed by atoms with van der Waals surface area (Å²) >= 11 is 0. The van der Waals surface area contributed by atoms with Gasteiger partial charge in [-0.2, -0.15) is 4.89 Å². The Balaban J connectivity index is 1.69. The number of hydrogen-bond donors (Lipinski definition) is 1. The van der Waals surface area contributed by atoms with Gasteiger partial charge in [0.15, 0.2) is 0 Å². The first kappa shape index (κ1) is 16.9. The highest BCUT2D eigenvalue weighted by Crippen LogP contribution is 2.53. The van der Waals surface area contributed by atoms with Crippen molar-refractivity contribution in [2.45, 2.75) is 83.7 Å². The second-order valence-electron chi connectivity index (χ2n) is 6.73. The third-order valence-corrected chi connectivity index (χ3v) is 5.22. The monoisotopic (exact) mass is 298 g/mol. The molecule has 0 saturated heterocycles. The summed E-state index contributed by atoms with van der Waals surface area (Å²) in [6, 6.07) is 0. The average Bonchev–Trinajstić information content (AvgIpc) is 3.11. The van der Waals surface area contributed by atoms with Gasteiger partial charge >= 0.3 is 0 Å². The average molecular weight is 298 g/mol. The predicted octanol–water partition coefficient (Wildman–Crippen LogP) is 5.20. The molecule has 2 bridgehead atoms. The van der Waals surface area contributed by atoms with E-state index in [1.165, 1.54) is 44.9 Å². The number of unbranched alkanes of at least 4 members (excludes halogenated alkanes) is 6. The zero-order valence-corrected chi connectivity index (χ0v) is 13.3. The summed E-state index contributed by atoms with van der Waals surface area (Å²) < 4.78 is 0. The van der Waals surface area contributed by atoms with E-state index in [0.29, 0.717) is 5.92 Å². The Morgan fingerprint density at radius 3 is 2.52 bits per heavy atom. The number of rotatable bonds is 12. The molecule has 1 saturated carbocycles. The molecule has 4 nitrogen and oxygen atoms in total. The number of hydrogen-bond acceptors (Lipinski definition) is 4. The maximum Gasteiger partial charge on any atom is 0.105 e. The van der Waals surface area contributed by atoms with E-state index in [0.717, 1.165) is 25.7 Å². The molecular weight excluding hydrogens is 268 g/mol. The van der Waals surface area contributed by atoms with Crippen molar-refractivity contribution in [2.75, 3.05) is 0 Å². The molecule has 0 amide bonds. The highest BCUT2D eigenvalue weighted by atomic mass is 17.6. The van der Waals surface area contributed by atoms with Crippen molar-refractivity contribution in [1.29, 1.82) is 0 Å². The molecule has 0 aromatic rings. The van der Waals surface area contributed by atoms with E-state index < -0.39 is 0 Å². The van der Waals surface area contributed by atoms with Gasteiger partial charge in [0, 0.05) is 5.41 Å².